The second kappa shape index (κ2) is 7.26. The summed E-state index contributed by atoms with van der Waals surface area (Å²) in [7, 11) is 0. The van der Waals surface area contributed by atoms with Crippen LogP contribution in [0.25, 0.3) is 0 Å². The number of carbonyl (C=O) groups is 1. The summed E-state index contributed by atoms with van der Waals surface area (Å²) in [5, 5.41) is 6.05. The molecule has 0 saturated carbocycles. The van der Waals surface area contributed by atoms with Crippen molar-refractivity contribution in [3.8, 4) is 0 Å². The first-order valence-electron chi connectivity index (χ1n) is 6.88. The molecule has 0 spiro atoms. The van der Waals surface area contributed by atoms with Crippen molar-refractivity contribution in [2.75, 3.05) is 19.7 Å². The van der Waals surface area contributed by atoms with Gasteiger partial charge in [0.25, 0.3) is 0 Å². The lowest BCUT2D eigenvalue weighted by Gasteiger charge is -2.11. The number of aryl methyl sites for hydroxylation is 1. The molecule has 4 heteroatoms. The monoisotopic (exact) mass is 262 g/mol. The molecule has 4 nitrogen and oxygen atoms in total. The second-order valence-corrected chi connectivity index (χ2v) is 5.03. The third kappa shape index (κ3) is 5.01. The van der Waals surface area contributed by atoms with E-state index in [1.165, 1.54) is 5.56 Å². The Balaban J connectivity index is 1.61. The SMILES string of the molecule is Cc1cccc(CNC(=O)CNCC2CCCO2)c1. The van der Waals surface area contributed by atoms with Crippen LogP contribution in [0.1, 0.15) is 24.0 Å². The summed E-state index contributed by atoms with van der Waals surface area (Å²) in [6.07, 6.45) is 2.51. The molecule has 1 saturated heterocycles. The molecule has 2 N–H and O–H groups in total. The van der Waals surface area contributed by atoms with Crippen molar-refractivity contribution in [2.24, 2.45) is 0 Å². The molecule has 1 fully saturated rings. The van der Waals surface area contributed by atoms with Gasteiger partial charge in [-0.05, 0) is 25.3 Å². The minimum atomic E-state index is 0.0273. The lowest BCUT2D eigenvalue weighted by atomic mass is 10.1. The lowest BCUT2D eigenvalue weighted by Crippen LogP contribution is -2.36. The minimum absolute atomic E-state index is 0.0273. The van der Waals surface area contributed by atoms with Crippen molar-refractivity contribution >= 4 is 5.91 Å². The van der Waals surface area contributed by atoms with Crippen LogP contribution in [0.5, 0.6) is 0 Å². The molecule has 1 aliphatic heterocycles. The van der Waals surface area contributed by atoms with Gasteiger partial charge in [0.15, 0.2) is 0 Å². The molecule has 1 atom stereocenters. The van der Waals surface area contributed by atoms with Crippen molar-refractivity contribution in [3.63, 3.8) is 0 Å². The highest BCUT2D eigenvalue weighted by atomic mass is 16.5. The van der Waals surface area contributed by atoms with Gasteiger partial charge in [-0.25, -0.2) is 0 Å². The average Bonchev–Trinajstić information content (AvgIpc) is 2.90. The van der Waals surface area contributed by atoms with Crippen LogP contribution in [0.2, 0.25) is 0 Å². The number of ether oxygens (including phenoxy) is 1. The summed E-state index contributed by atoms with van der Waals surface area (Å²) in [6, 6.07) is 8.16. The molecule has 1 unspecified atom stereocenters. The van der Waals surface area contributed by atoms with Gasteiger partial charge in [0.2, 0.25) is 5.91 Å². The van der Waals surface area contributed by atoms with E-state index >= 15 is 0 Å². The molecule has 1 aromatic rings. The number of rotatable bonds is 6. The topological polar surface area (TPSA) is 50.4 Å². The smallest absolute Gasteiger partial charge is 0.234 e. The van der Waals surface area contributed by atoms with E-state index in [0.29, 0.717) is 13.1 Å². The van der Waals surface area contributed by atoms with Crippen LogP contribution in [0.4, 0.5) is 0 Å². The van der Waals surface area contributed by atoms with Crippen molar-refractivity contribution in [1.29, 1.82) is 0 Å². The molecule has 1 amide bonds. The predicted molar refractivity (Wildman–Crippen MR) is 74.9 cm³/mol. The van der Waals surface area contributed by atoms with Gasteiger partial charge in [-0.3, -0.25) is 4.79 Å². The summed E-state index contributed by atoms with van der Waals surface area (Å²) in [5.74, 6) is 0.0273. The average molecular weight is 262 g/mol. The van der Waals surface area contributed by atoms with Crippen LogP contribution in [-0.4, -0.2) is 31.7 Å². The molecule has 1 aliphatic rings. The first kappa shape index (κ1) is 14.0. The molecular formula is C15H22N2O2. The van der Waals surface area contributed by atoms with Crippen molar-refractivity contribution in [2.45, 2.75) is 32.4 Å². The van der Waals surface area contributed by atoms with Crippen LogP contribution in [0.3, 0.4) is 0 Å². The van der Waals surface area contributed by atoms with E-state index in [4.69, 9.17) is 4.74 Å². The molecule has 1 aromatic carbocycles. The van der Waals surface area contributed by atoms with Crippen LogP contribution < -0.4 is 10.6 Å². The molecule has 0 aliphatic carbocycles. The summed E-state index contributed by atoms with van der Waals surface area (Å²) < 4.78 is 5.48. The van der Waals surface area contributed by atoms with Crippen LogP contribution >= 0.6 is 0 Å². The summed E-state index contributed by atoms with van der Waals surface area (Å²) in [4.78, 5) is 11.7. The van der Waals surface area contributed by atoms with Gasteiger partial charge in [0, 0.05) is 19.7 Å². The fraction of sp³-hybridized carbons (Fsp3) is 0.533. The van der Waals surface area contributed by atoms with E-state index in [0.717, 1.165) is 31.6 Å². The minimum Gasteiger partial charge on any atom is -0.377 e. The number of hydrogen-bond donors (Lipinski definition) is 2. The number of amides is 1. The first-order chi connectivity index (χ1) is 9.24. The van der Waals surface area contributed by atoms with E-state index < -0.39 is 0 Å². The highest BCUT2D eigenvalue weighted by molar-refractivity contribution is 5.77. The highest BCUT2D eigenvalue weighted by Gasteiger charge is 2.14. The fourth-order valence-electron chi connectivity index (χ4n) is 2.24. The van der Waals surface area contributed by atoms with Crippen molar-refractivity contribution in [3.05, 3.63) is 35.4 Å². The van der Waals surface area contributed by atoms with E-state index in [9.17, 15) is 4.79 Å². The number of carbonyl (C=O) groups excluding carboxylic acids is 1. The summed E-state index contributed by atoms with van der Waals surface area (Å²) >= 11 is 0. The van der Waals surface area contributed by atoms with Gasteiger partial charge >= 0.3 is 0 Å². The third-order valence-electron chi connectivity index (χ3n) is 3.25. The normalized spacial score (nSPS) is 18.5. The number of benzene rings is 1. The molecule has 1 heterocycles. The van der Waals surface area contributed by atoms with Gasteiger partial charge < -0.3 is 15.4 Å². The van der Waals surface area contributed by atoms with E-state index in [2.05, 4.69) is 29.7 Å². The molecule has 0 aromatic heterocycles. The maximum Gasteiger partial charge on any atom is 0.234 e. The Labute approximate surface area is 114 Å². The Kier molecular flexibility index (Phi) is 5.36. The van der Waals surface area contributed by atoms with Gasteiger partial charge in [-0.1, -0.05) is 29.8 Å². The van der Waals surface area contributed by atoms with E-state index in [1.54, 1.807) is 0 Å². The zero-order chi connectivity index (χ0) is 13.5. The third-order valence-corrected chi connectivity index (χ3v) is 3.25. The zero-order valence-electron chi connectivity index (χ0n) is 11.4. The van der Waals surface area contributed by atoms with Crippen LogP contribution in [0, 0.1) is 6.92 Å². The lowest BCUT2D eigenvalue weighted by molar-refractivity contribution is -0.120. The van der Waals surface area contributed by atoms with E-state index in [1.807, 2.05) is 12.1 Å². The largest absolute Gasteiger partial charge is 0.377 e. The Bertz CT molecular complexity index is 414. The fourth-order valence-corrected chi connectivity index (χ4v) is 2.24. The predicted octanol–water partition coefficient (Wildman–Crippen LogP) is 1.38. The summed E-state index contributed by atoms with van der Waals surface area (Å²) in [5.41, 5.74) is 2.34. The number of hydrogen-bond acceptors (Lipinski definition) is 3. The maximum absolute atomic E-state index is 11.7. The Hall–Kier alpha value is -1.39. The maximum atomic E-state index is 11.7. The standard InChI is InChI=1S/C15H22N2O2/c1-12-4-2-5-13(8-12)9-17-15(18)11-16-10-14-6-3-7-19-14/h2,4-5,8,14,16H,3,6-7,9-11H2,1H3,(H,17,18). The number of nitrogens with one attached hydrogen (secondary N) is 2. The van der Waals surface area contributed by atoms with E-state index in [-0.39, 0.29) is 12.0 Å². The highest BCUT2D eigenvalue weighted by Crippen LogP contribution is 2.10. The van der Waals surface area contributed by atoms with Crippen LogP contribution in [-0.2, 0) is 16.1 Å². The quantitative estimate of drug-likeness (QED) is 0.814. The second-order valence-electron chi connectivity index (χ2n) is 5.03. The first-order valence-corrected chi connectivity index (χ1v) is 6.88. The Morgan fingerprint density at radius 2 is 2.37 bits per heavy atom. The van der Waals surface area contributed by atoms with Gasteiger partial charge in [0.05, 0.1) is 12.6 Å². The van der Waals surface area contributed by atoms with Crippen molar-refractivity contribution < 1.29 is 9.53 Å². The Morgan fingerprint density at radius 1 is 1.47 bits per heavy atom. The van der Waals surface area contributed by atoms with Gasteiger partial charge in [-0.15, -0.1) is 0 Å². The van der Waals surface area contributed by atoms with Gasteiger partial charge in [-0.2, -0.15) is 0 Å². The molecule has 0 bridgehead atoms. The molecule has 19 heavy (non-hydrogen) atoms. The summed E-state index contributed by atoms with van der Waals surface area (Å²) in [6.45, 7) is 4.60. The Morgan fingerprint density at radius 3 is 3.11 bits per heavy atom. The zero-order valence-corrected chi connectivity index (χ0v) is 11.4. The molecule has 104 valence electrons. The van der Waals surface area contributed by atoms with Crippen molar-refractivity contribution in [1.82, 2.24) is 10.6 Å². The van der Waals surface area contributed by atoms with Crippen LogP contribution in [0.15, 0.2) is 24.3 Å². The molecule has 0 radical (unpaired) electrons. The van der Waals surface area contributed by atoms with Gasteiger partial charge in [0.1, 0.15) is 0 Å². The molecular weight excluding hydrogens is 240 g/mol. The molecule has 2 rings (SSSR count).